The lowest BCUT2D eigenvalue weighted by Crippen LogP contribution is -2.36. The van der Waals surface area contributed by atoms with Gasteiger partial charge in [0.15, 0.2) is 17.5 Å². The molecule has 0 amide bonds. The summed E-state index contributed by atoms with van der Waals surface area (Å²) in [4.78, 5) is 9.74. The minimum absolute atomic E-state index is 0. The molecule has 0 aliphatic rings. The Bertz CT molecular complexity index is 740. The van der Waals surface area contributed by atoms with Crippen molar-refractivity contribution in [2.75, 3.05) is 20.8 Å². The number of nitrogens with one attached hydrogen (secondary N) is 2. The summed E-state index contributed by atoms with van der Waals surface area (Å²) in [6.45, 7) is 5.66. The highest BCUT2D eigenvalue weighted by atomic mass is 127. The first-order valence-electron chi connectivity index (χ1n) is 7.92. The van der Waals surface area contributed by atoms with E-state index in [1.807, 2.05) is 32.2 Å². The Hall–Kier alpha value is -1.26. The second-order valence-corrected chi connectivity index (χ2v) is 6.91. The standard InChI is InChI=1S/C17H23ClN4O2S.HI/c1-5-24-16-13(18)6-12(7-14(16)23-4)9-21-17(19-3)22-10-15-20-8-11(2)25-15;/h6-8H,5,9-10H2,1-4H3,(H2,19,21,22);1H. The lowest BCUT2D eigenvalue weighted by atomic mass is 10.2. The first-order chi connectivity index (χ1) is 12.1. The van der Waals surface area contributed by atoms with Gasteiger partial charge in [-0.25, -0.2) is 4.98 Å². The van der Waals surface area contributed by atoms with Gasteiger partial charge in [-0.1, -0.05) is 11.6 Å². The van der Waals surface area contributed by atoms with Crippen LogP contribution in [0.3, 0.4) is 0 Å². The Balaban J connectivity index is 0.00000338. The molecule has 1 aromatic carbocycles. The topological polar surface area (TPSA) is 67.8 Å². The molecule has 0 atom stereocenters. The second-order valence-electron chi connectivity index (χ2n) is 5.19. The van der Waals surface area contributed by atoms with Crippen LogP contribution >= 0.6 is 46.9 Å². The molecule has 0 unspecified atom stereocenters. The fourth-order valence-electron chi connectivity index (χ4n) is 2.21. The third kappa shape index (κ3) is 6.48. The molecule has 0 aliphatic carbocycles. The lowest BCUT2D eigenvalue weighted by molar-refractivity contribution is 0.311. The summed E-state index contributed by atoms with van der Waals surface area (Å²) in [5, 5.41) is 8.04. The smallest absolute Gasteiger partial charge is 0.191 e. The molecule has 26 heavy (non-hydrogen) atoms. The van der Waals surface area contributed by atoms with E-state index in [2.05, 4.69) is 20.6 Å². The van der Waals surface area contributed by atoms with Crippen LogP contribution in [0, 0.1) is 6.92 Å². The highest BCUT2D eigenvalue weighted by Gasteiger charge is 2.12. The first-order valence-corrected chi connectivity index (χ1v) is 9.11. The van der Waals surface area contributed by atoms with Gasteiger partial charge < -0.3 is 20.1 Å². The van der Waals surface area contributed by atoms with Gasteiger partial charge in [0.25, 0.3) is 0 Å². The van der Waals surface area contributed by atoms with Crippen molar-refractivity contribution in [2.45, 2.75) is 26.9 Å². The van der Waals surface area contributed by atoms with Crippen molar-refractivity contribution in [2.24, 2.45) is 4.99 Å². The molecule has 6 nitrogen and oxygen atoms in total. The molecule has 0 saturated carbocycles. The van der Waals surface area contributed by atoms with Gasteiger partial charge in [-0.05, 0) is 31.5 Å². The van der Waals surface area contributed by atoms with Gasteiger partial charge in [0.05, 0.1) is 25.3 Å². The fourth-order valence-corrected chi connectivity index (χ4v) is 3.22. The molecule has 0 aliphatic heterocycles. The van der Waals surface area contributed by atoms with Gasteiger partial charge in [-0.15, -0.1) is 35.3 Å². The predicted molar refractivity (Wildman–Crippen MR) is 118 cm³/mol. The maximum Gasteiger partial charge on any atom is 0.191 e. The van der Waals surface area contributed by atoms with Gasteiger partial charge in [0.2, 0.25) is 0 Å². The zero-order valence-electron chi connectivity index (χ0n) is 15.3. The molecule has 1 aromatic heterocycles. The van der Waals surface area contributed by atoms with Crippen LogP contribution in [0.15, 0.2) is 23.3 Å². The number of halogens is 2. The minimum Gasteiger partial charge on any atom is -0.493 e. The van der Waals surface area contributed by atoms with Crippen molar-refractivity contribution in [3.63, 3.8) is 0 Å². The maximum absolute atomic E-state index is 6.30. The summed E-state index contributed by atoms with van der Waals surface area (Å²) in [7, 11) is 3.33. The number of aliphatic imine (C=N–C) groups is 1. The molecule has 0 spiro atoms. The van der Waals surface area contributed by atoms with Crippen molar-refractivity contribution in [1.82, 2.24) is 15.6 Å². The first kappa shape index (κ1) is 22.8. The van der Waals surface area contributed by atoms with Crippen LogP contribution < -0.4 is 20.1 Å². The Morgan fingerprint density at radius 1 is 1.31 bits per heavy atom. The maximum atomic E-state index is 6.30. The Morgan fingerprint density at radius 2 is 2.04 bits per heavy atom. The van der Waals surface area contributed by atoms with E-state index in [4.69, 9.17) is 21.1 Å². The monoisotopic (exact) mass is 510 g/mol. The van der Waals surface area contributed by atoms with Gasteiger partial charge in [0.1, 0.15) is 5.01 Å². The quantitative estimate of drug-likeness (QED) is 0.335. The number of aromatic nitrogens is 1. The van der Waals surface area contributed by atoms with Crippen LogP contribution in [0.4, 0.5) is 0 Å². The van der Waals surface area contributed by atoms with E-state index in [1.165, 1.54) is 4.88 Å². The van der Waals surface area contributed by atoms with E-state index in [9.17, 15) is 0 Å². The highest BCUT2D eigenvalue weighted by molar-refractivity contribution is 14.0. The molecule has 9 heteroatoms. The number of rotatable bonds is 7. The second kappa shape index (κ2) is 11.5. The number of benzene rings is 1. The molecular weight excluding hydrogens is 487 g/mol. The van der Waals surface area contributed by atoms with Crippen molar-refractivity contribution in [1.29, 1.82) is 0 Å². The zero-order valence-corrected chi connectivity index (χ0v) is 19.2. The average molecular weight is 511 g/mol. The summed E-state index contributed by atoms with van der Waals surface area (Å²) in [5.41, 5.74) is 0.971. The number of ether oxygens (including phenoxy) is 2. The summed E-state index contributed by atoms with van der Waals surface area (Å²) >= 11 is 7.96. The molecule has 2 aromatic rings. The van der Waals surface area contributed by atoms with Crippen LogP contribution in [-0.4, -0.2) is 31.7 Å². The van der Waals surface area contributed by atoms with Gasteiger partial charge in [-0.2, -0.15) is 0 Å². The normalized spacial score (nSPS) is 10.9. The van der Waals surface area contributed by atoms with Gasteiger partial charge >= 0.3 is 0 Å². The molecule has 0 fully saturated rings. The molecular formula is C17H24ClIN4O2S. The van der Waals surface area contributed by atoms with E-state index in [1.54, 1.807) is 25.5 Å². The number of thiazole rings is 1. The Labute approximate surface area is 180 Å². The zero-order chi connectivity index (χ0) is 18.2. The van der Waals surface area contributed by atoms with Crippen molar-refractivity contribution in [3.05, 3.63) is 38.8 Å². The van der Waals surface area contributed by atoms with Crippen LogP contribution in [-0.2, 0) is 13.1 Å². The summed E-state index contributed by atoms with van der Waals surface area (Å²) < 4.78 is 10.9. The molecule has 0 bridgehead atoms. The minimum atomic E-state index is 0. The van der Waals surface area contributed by atoms with E-state index in [0.717, 1.165) is 10.6 Å². The van der Waals surface area contributed by atoms with E-state index < -0.39 is 0 Å². The van der Waals surface area contributed by atoms with Crippen molar-refractivity contribution >= 4 is 52.9 Å². The predicted octanol–water partition coefficient (Wildman–Crippen LogP) is 4.00. The number of hydrogen-bond donors (Lipinski definition) is 2. The molecule has 144 valence electrons. The van der Waals surface area contributed by atoms with E-state index in [-0.39, 0.29) is 24.0 Å². The molecule has 0 saturated heterocycles. The van der Waals surface area contributed by atoms with Crippen LogP contribution in [0.25, 0.3) is 0 Å². The fraction of sp³-hybridized carbons (Fsp3) is 0.412. The molecule has 2 N–H and O–H groups in total. The largest absolute Gasteiger partial charge is 0.493 e. The van der Waals surface area contributed by atoms with Crippen LogP contribution in [0.5, 0.6) is 11.5 Å². The third-order valence-electron chi connectivity index (χ3n) is 3.34. The molecule has 0 radical (unpaired) electrons. The third-order valence-corrected chi connectivity index (χ3v) is 4.53. The molecule has 2 rings (SSSR count). The SMILES string of the molecule is CCOc1c(Cl)cc(CNC(=NC)NCc2ncc(C)s2)cc1OC.I. The number of methoxy groups -OCH3 is 1. The van der Waals surface area contributed by atoms with Crippen molar-refractivity contribution in [3.8, 4) is 11.5 Å². The van der Waals surface area contributed by atoms with Crippen LogP contribution in [0.2, 0.25) is 5.02 Å². The summed E-state index contributed by atoms with van der Waals surface area (Å²) in [5.74, 6) is 1.88. The molecule has 1 heterocycles. The summed E-state index contributed by atoms with van der Waals surface area (Å²) in [6.07, 6.45) is 1.87. The Kier molecular flexibility index (Phi) is 10.0. The van der Waals surface area contributed by atoms with E-state index in [0.29, 0.717) is 42.2 Å². The van der Waals surface area contributed by atoms with Gasteiger partial charge in [-0.3, -0.25) is 4.99 Å². The number of hydrogen-bond acceptors (Lipinski definition) is 5. The van der Waals surface area contributed by atoms with E-state index >= 15 is 0 Å². The number of aryl methyl sites for hydroxylation is 1. The highest BCUT2D eigenvalue weighted by Crippen LogP contribution is 2.36. The lowest BCUT2D eigenvalue weighted by Gasteiger charge is -2.15. The number of nitrogens with zero attached hydrogens (tertiary/aromatic N) is 2. The number of guanidine groups is 1. The summed E-state index contributed by atoms with van der Waals surface area (Å²) in [6, 6.07) is 3.76. The average Bonchev–Trinajstić information content (AvgIpc) is 3.02. The van der Waals surface area contributed by atoms with Gasteiger partial charge in [0, 0.05) is 24.7 Å². The van der Waals surface area contributed by atoms with Crippen molar-refractivity contribution < 1.29 is 9.47 Å². The Morgan fingerprint density at radius 3 is 2.62 bits per heavy atom. The van der Waals surface area contributed by atoms with Crippen LogP contribution in [0.1, 0.15) is 22.4 Å².